The lowest BCUT2D eigenvalue weighted by Gasteiger charge is -2.22. The number of carbonyl (C=O) groups excluding carboxylic acids is 1. The molecule has 11 heavy (non-hydrogen) atoms. The van der Waals surface area contributed by atoms with Gasteiger partial charge in [-0.25, -0.2) is 0 Å². The van der Waals surface area contributed by atoms with Crippen LogP contribution in [0.25, 0.3) is 0 Å². The predicted molar refractivity (Wildman–Crippen MR) is 44.1 cm³/mol. The molecule has 1 fully saturated rings. The van der Waals surface area contributed by atoms with E-state index < -0.39 is 0 Å². The Morgan fingerprint density at radius 3 is 3.00 bits per heavy atom. The van der Waals surface area contributed by atoms with Crippen molar-refractivity contribution in [3.63, 3.8) is 0 Å². The molecular formula is C8H16N2O. The second-order valence-corrected chi connectivity index (χ2v) is 3.02. The fourth-order valence-electron chi connectivity index (χ4n) is 1.59. The molecule has 0 saturated carbocycles. The van der Waals surface area contributed by atoms with Gasteiger partial charge in [-0.3, -0.25) is 4.79 Å². The van der Waals surface area contributed by atoms with Gasteiger partial charge < -0.3 is 10.6 Å². The normalized spacial score (nSPS) is 24.7. The van der Waals surface area contributed by atoms with Crippen LogP contribution in [0.2, 0.25) is 0 Å². The molecule has 1 aliphatic rings. The first-order valence-corrected chi connectivity index (χ1v) is 4.29. The van der Waals surface area contributed by atoms with E-state index in [9.17, 15) is 4.79 Å². The highest BCUT2D eigenvalue weighted by atomic mass is 16.2. The molecule has 3 nitrogen and oxygen atoms in total. The van der Waals surface area contributed by atoms with Crippen LogP contribution in [-0.4, -0.2) is 29.9 Å². The SMILES string of the molecule is CCCN1C(=O)CCC1CN. The van der Waals surface area contributed by atoms with Gasteiger partial charge in [0.25, 0.3) is 0 Å². The maximum absolute atomic E-state index is 11.2. The lowest BCUT2D eigenvalue weighted by Crippen LogP contribution is -2.38. The third-order valence-corrected chi connectivity index (χ3v) is 2.19. The molecule has 1 heterocycles. The van der Waals surface area contributed by atoms with Gasteiger partial charge in [0.1, 0.15) is 0 Å². The van der Waals surface area contributed by atoms with Crippen molar-refractivity contribution in [1.29, 1.82) is 0 Å². The second kappa shape index (κ2) is 3.72. The summed E-state index contributed by atoms with van der Waals surface area (Å²) >= 11 is 0. The molecule has 0 aromatic rings. The van der Waals surface area contributed by atoms with Crippen molar-refractivity contribution in [3.05, 3.63) is 0 Å². The smallest absolute Gasteiger partial charge is 0.222 e. The Morgan fingerprint density at radius 1 is 1.73 bits per heavy atom. The van der Waals surface area contributed by atoms with Crippen molar-refractivity contribution in [2.75, 3.05) is 13.1 Å². The minimum atomic E-state index is 0.280. The third-order valence-electron chi connectivity index (χ3n) is 2.19. The molecule has 0 aromatic heterocycles. The van der Waals surface area contributed by atoms with E-state index in [4.69, 9.17) is 5.73 Å². The van der Waals surface area contributed by atoms with Crippen LogP contribution in [0.5, 0.6) is 0 Å². The molecule has 1 amide bonds. The van der Waals surface area contributed by atoms with Crippen molar-refractivity contribution in [3.8, 4) is 0 Å². The molecule has 1 atom stereocenters. The molecule has 0 aromatic carbocycles. The van der Waals surface area contributed by atoms with Crippen LogP contribution < -0.4 is 5.73 Å². The van der Waals surface area contributed by atoms with Gasteiger partial charge in [-0.1, -0.05) is 6.92 Å². The summed E-state index contributed by atoms with van der Waals surface area (Å²) in [4.78, 5) is 13.1. The number of nitrogens with two attached hydrogens (primary N) is 1. The summed E-state index contributed by atoms with van der Waals surface area (Å²) in [7, 11) is 0. The van der Waals surface area contributed by atoms with Gasteiger partial charge in [-0.2, -0.15) is 0 Å². The molecule has 0 bridgehead atoms. The van der Waals surface area contributed by atoms with Crippen LogP contribution >= 0.6 is 0 Å². The van der Waals surface area contributed by atoms with Gasteiger partial charge in [0.05, 0.1) is 0 Å². The lowest BCUT2D eigenvalue weighted by molar-refractivity contribution is -0.128. The minimum absolute atomic E-state index is 0.280. The van der Waals surface area contributed by atoms with Crippen molar-refractivity contribution in [1.82, 2.24) is 4.90 Å². The van der Waals surface area contributed by atoms with Crippen LogP contribution in [0.1, 0.15) is 26.2 Å². The van der Waals surface area contributed by atoms with Crippen LogP contribution in [0.4, 0.5) is 0 Å². The van der Waals surface area contributed by atoms with E-state index in [-0.39, 0.29) is 5.91 Å². The monoisotopic (exact) mass is 156 g/mol. The van der Waals surface area contributed by atoms with Gasteiger partial charge in [0.15, 0.2) is 0 Å². The topological polar surface area (TPSA) is 46.3 Å². The Bertz CT molecular complexity index is 147. The zero-order chi connectivity index (χ0) is 8.27. The quantitative estimate of drug-likeness (QED) is 0.640. The van der Waals surface area contributed by atoms with Crippen molar-refractivity contribution < 1.29 is 4.79 Å². The van der Waals surface area contributed by atoms with Gasteiger partial charge in [0.2, 0.25) is 5.91 Å². The van der Waals surface area contributed by atoms with Crippen molar-refractivity contribution >= 4 is 5.91 Å². The van der Waals surface area contributed by atoms with E-state index in [1.165, 1.54) is 0 Å². The van der Waals surface area contributed by atoms with E-state index in [1.807, 2.05) is 4.90 Å². The predicted octanol–water partition coefficient (Wildman–Crippen LogP) is 0.346. The summed E-state index contributed by atoms with van der Waals surface area (Å²) in [6.07, 6.45) is 2.68. The Kier molecular flexibility index (Phi) is 2.88. The summed E-state index contributed by atoms with van der Waals surface area (Å²) in [5, 5.41) is 0. The number of hydrogen-bond donors (Lipinski definition) is 1. The van der Waals surface area contributed by atoms with Crippen molar-refractivity contribution in [2.24, 2.45) is 5.73 Å². The largest absolute Gasteiger partial charge is 0.338 e. The highest BCUT2D eigenvalue weighted by Crippen LogP contribution is 2.17. The zero-order valence-corrected chi connectivity index (χ0v) is 7.05. The maximum Gasteiger partial charge on any atom is 0.222 e. The van der Waals surface area contributed by atoms with E-state index in [0.717, 1.165) is 19.4 Å². The zero-order valence-electron chi connectivity index (χ0n) is 7.05. The summed E-state index contributed by atoms with van der Waals surface area (Å²) in [6.45, 7) is 3.58. The second-order valence-electron chi connectivity index (χ2n) is 3.02. The molecule has 1 saturated heterocycles. The van der Waals surface area contributed by atoms with E-state index in [2.05, 4.69) is 6.92 Å². The van der Waals surface area contributed by atoms with Crippen LogP contribution in [0.15, 0.2) is 0 Å². The Hall–Kier alpha value is -0.570. The Balaban J connectivity index is 2.49. The average molecular weight is 156 g/mol. The molecule has 0 aliphatic carbocycles. The van der Waals surface area contributed by atoms with Gasteiger partial charge in [-0.05, 0) is 12.8 Å². The van der Waals surface area contributed by atoms with E-state index in [1.54, 1.807) is 0 Å². The number of nitrogens with zero attached hydrogens (tertiary/aromatic N) is 1. The maximum atomic E-state index is 11.2. The van der Waals surface area contributed by atoms with E-state index >= 15 is 0 Å². The fourth-order valence-corrected chi connectivity index (χ4v) is 1.59. The molecule has 1 rings (SSSR count). The van der Waals surface area contributed by atoms with Gasteiger partial charge >= 0.3 is 0 Å². The number of amides is 1. The van der Waals surface area contributed by atoms with Gasteiger partial charge in [0, 0.05) is 25.6 Å². The highest BCUT2D eigenvalue weighted by Gasteiger charge is 2.28. The summed E-state index contributed by atoms with van der Waals surface area (Å²) < 4.78 is 0. The average Bonchev–Trinajstić information content (AvgIpc) is 2.34. The number of hydrogen-bond acceptors (Lipinski definition) is 2. The summed E-state index contributed by atoms with van der Waals surface area (Å²) in [6, 6.07) is 0.322. The third kappa shape index (κ3) is 1.71. The first-order chi connectivity index (χ1) is 5.29. The molecule has 2 N–H and O–H groups in total. The van der Waals surface area contributed by atoms with E-state index in [0.29, 0.717) is 19.0 Å². The van der Waals surface area contributed by atoms with Crippen LogP contribution in [-0.2, 0) is 4.79 Å². The minimum Gasteiger partial charge on any atom is -0.338 e. The van der Waals surface area contributed by atoms with Crippen LogP contribution in [0, 0.1) is 0 Å². The Labute approximate surface area is 67.5 Å². The molecule has 64 valence electrons. The highest BCUT2D eigenvalue weighted by molar-refractivity contribution is 5.78. The first-order valence-electron chi connectivity index (χ1n) is 4.29. The molecule has 1 unspecified atom stereocenters. The lowest BCUT2D eigenvalue weighted by atomic mass is 10.2. The first kappa shape index (κ1) is 8.53. The molecule has 0 spiro atoms. The summed E-state index contributed by atoms with van der Waals surface area (Å²) in [5.74, 6) is 0.280. The molecular weight excluding hydrogens is 140 g/mol. The van der Waals surface area contributed by atoms with Crippen LogP contribution in [0.3, 0.4) is 0 Å². The number of carbonyl (C=O) groups is 1. The number of rotatable bonds is 3. The molecule has 0 radical (unpaired) electrons. The Morgan fingerprint density at radius 2 is 2.45 bits per heavy atom. The molecule has 3 heteroatoms. The summed E-state index contributed by atoms with van der Waals surface area (Å²) in [5.41, 5.74) is 5.52. The fraction of sp³-hybridized carbons (Fsp3) is 0.875. The van der Waals surface area contributed by atoms with Crippen molar-refractivity contribution in [2.45, 2.75) is 32.2 Å². The molecule has 1 aliphatic heterocycles. The van der Waals surface area contributed by atoms with Gasteiger partial charge in [-0.15, -0.1) is 0 Å². The standard InChI is InChI=1S/C8H16N2O/c1-2-5-10-7(6-9)3-4-8(10)11/h7H,2-6,9H2,1H3. The number of likely N-dealkylation sites (tertiary alicyclic amines) is 1.